The second-order valence-corrected chi connectivity index (χ2v) is 10.6. The van der Waals surface area contributed by atoms with E-state index in [1.807, 2.05) is 15.9 Å². The molecule has 0 aromatic heterocycles. The zero-order chi connectivity index (χ0) is 29.6. The topological polar surface area (TPSA) is 97.3 Å². The Bertz CT molecular complexity index is 1310. The Balaban J connectivity index is 1.30. The summed E-state index contributed by atoms with van der Waals surface area (Å²) < 4.78 is 38.0. The largest absolute Gasteiger partial charge is 0.394 e. The number of amides is 3. The molecular formula is C29H37F3N6O3. The third-order valence-electron chi connectivity index (χ3n) is 7.68. The second kappa shape index (κ2) is 13.2. The molecule has 222 valence electrons. The van der Waals surface area contributed by atoms with Gasteiger partial charge in [-0.15, -0.1) is 0 Å². The van der Waals surface area contributed by atoms with Crippen molar-refractivity contribution < 1.29 is 27.6 Å². The minimum atomic E-state index is -4.34. The number of hydrogen-bond donors (Lipinski definition) is 2. The van der Waals surface area contributed by atoms with Gasteiger partial charge in [-0.3, -0.25) is 19.4 Å². The maximum atomic E-state index is 12.9. The number of anilines is 1. The molecule has 9 nitrogen and oxygen atoms in total. The average molecular weight is 575 g/mol. The second-order valence-electron chi connectivity index (χ2n) is 10.6. The first kappa shape index (κ1) is 30.1. The predicted octanol–water partition coefficient (Wildman–Crippen LogP) is 1.97. The monoisotopic (exact) mass is 574 g/mol. The molecule has 2 fully saturated rings. The molecule has 1 unspecified atom stereocenters. The van der Waals surface area contributed by atoms with E-state index in [0.29, 0.717) is 43.5 Å². The Labute approximate surface area is 237 Å². The summed E-state index contributed by atoms with van der Waals surface area (Å²) >= 11 is 0. The van der Waals surface area contributed by atoms with E-state index in [2.05, 4.69) is 15.7 Å². The van der Waals surface area contributed by atoms with Crippen LogP contribution in [0.3, 0.4) is 0 Å². The van der Waals surface area contributed by atoms with Crippen molar-refractivity contribution in [1.29, 1.82) is 0 Å². The van der Waals surface area contributed by atoms with Gasteiger partial charge in [0, 0.05) is 50.1 Å². The van der Waals surface area contributed by atoms with Crippen LogP contribution in [0.25, 0.3) is 6.08 Å². The van der Waals surface area contributed by atoms with Gasteiger partial charge in [-0.25, -0.2) is 0 Å². The van der Waals surface area contributed by atoms with Crippen molar-refractivity contribution >= 4 is 29.5 Å². The number of carbonyl (C=O) groups excluding carboxylic acids is 3. The van der Waals surface area contributed by atoms with Crippen molar-refractivity contribution in [1.82, 2.24) is 20.1 Å². The summed E-state index contributed by atoms with van der Waals surface area (Å²) in [6.07, 6.45) is 4.57. The molecule has 0 spiro atoms. The van der Waals surface area contributed by atoms with E-state index in [1.54, 1.807) is 23.2 Å². The van der Waals surface area contributed by atoms with Gasteiger partial charge >= 0.3 is 6.18 Å². The Morgan fingerprint density at radius 3 is 2.46 bits per heavy atom. The Morgan fingerprint density at radius 1 is 1.10 bits per heavy atom. The third kappa shape index (κ3) is 7.89. The number of likely N-dealkylation sites (N-methyl/N-ethyl adjacent to an activating group) is 1. The van der Waals surface area contributed by atoms with Crippen LogP contribution >= 0.6 is 0 Å². The first-order valence-electron chi connectivity index (χ1n) is 14.0. The lowest BCUT2D eigenvalue weighted by molar-refractivity contribution is -0.156. The number of halogens is 3. The van der Waals surface area contributed by atoms with Crippen LogP contribution in [0.1, 0.15) is 32.6 Å². The Kier molecular flexibility index (Phi) is 9.72. The van der Waals surface area contributed by atoms with E-state index >= 15 is 0 Å². The van der Waals surface area contributed by atoms with Crippen LogP contribution in [0.15, 0.2) is 47.2 Å². The molecule has 12 heteroatoms. The molecule has 1 aromatic rings. The van der Waals surface area contributed by atoms with Gasteiger partial charge in [-0.1, -0.05) is 25.2 Å². The fourth-order valence-electron chi connectivity index (χ4n) is 5.11. The molecule has 2 saturated heterocycles. The van der Waals surface area contributed by atoms with E-state index in [0.717, 1.165) is 44.1 Å². The Morgan fingerprint density at radius 2 is 1.80 bits per heavy atom. The van der Waals surface area contributed by atoms with Crippen molar-refractivity contribution in [3.63, 3.8) is 0 Å². The highest BCUT2D eigenvalue weighted by atomic mass is 19.4. The molecule has 4 rings (SSSR count). The van der Waals surface area contributed by atoms with Crippen LogP contribution in [-0.4, -0.2) is 85.0 Å². The average Bonchev–Trinajstić information content (AvgIpc) is 3.49. The fraction of sp³-hybridized carbons (Fsp3) is 0.517. The lowest BCUT2D eigenvalue weighted by Crippen LogP contribution is -2.47. The minimum absolute atomic E-state index is 0.000878. The maximum absolute atomic E-state index is 12.9. The quantitative estimate of drug-likeness (QED) is 0.366. The van der Waals surface area contributed by atoms with E-state index in [4.69, 9.17) is 0 Å². The number of carbonyl (C=O) groups is 3. The summed E-state index contributed by atoms with van der Waals surface area (Å²) in [5, 5.41) is 13.2. The van der Waals surface area contributed by atoms with E-state index < -0.39 is 18.0 Å². The fourth-order valence-corrected chi connectivity index (χ4v) is 5.11. The molecule has 1 atom stereocenters. The Hall–Kier alpha value is -3.83. The lowest BCUT2D eigenvalue weighted by Gasteiger charge is -2.34. The van der Waals surface area contributed by atoms with Crippen molar-refractivity contribution in [2.75, 3.05) is 51.6 Å². The zero-order valence-electron chi connectivity index (χ0n) is 23.4. The van der Waals surface area contributed by atoms with E-state index in [9.17, 15) is 27.6 Å². The number of fused-ring (bicyclic) bond motifs is 1. The van der Waals surface area contributed by atoms with E-state index in [1.165, 1.54) is 19.2 Å². The molecule has 0 aliphatic carbocycles. The first-order valence-corrected chi connectivity index (χ1v) is 14.0. The molecule has 0 radical (unpaired) electrons. The predicted molar refractivity (Wildman–Crippen MR) is 149 cm³/mol. The number of alkyl halides is 3. The molecule has 1 aromatic carbocycles. The summed E-state index contributed by atoms with van der Waals surface area (Å²) in [4.78, 5) is 42.0. The minimum Gasteiger partial charge on any atom is -0.384 e. The number of allylic oxidation sites excluding steroid dienone is 3. The molecular weight excluding hydrogens is 537 g/mol. The summed E-state index contributed by atoms with van der Waals surface area (Å²) in [6, 6.07) is 5.17. The maximum Gasteiger partial charge on any atom is 0.394 e. The van der Waals surface area contributed by atoms with Crippen LogP contribution < -0.4 is 21.2 Å². The smallest absolute Gasteiger partial charge is 0.384 e. The number of likely N-dealkylation sites (tertiary alicyclic amines) is 2. The summed E-state index contributed by atoms with van der Waals surface area (Å²) in [5.41, 5.74) is 0.612. The molecule has 3 heterocycles. The van der Waals surface area contributed by atoms with Crippen molar-refractivity contribution in [2.24, 2.45) is 16.9 Å². The van der Waals surface area contributed by atoms with Crippen LogP contribution in [0.2, 0.25) is 0 Å². The van der Waals surface area contributed by atoms with Crippen LogP contribution in [-0.2, 0) is 14.4 Å². The van der Waals surface area contributed by atoms with E-state index in [-0.39, 0.29) is 30.0 Å². The van der Waals surface area contributed by atoms with Gasteiger partial charge in [0.25, 0.3) is 5.91 Å². The number of rotatable bonds is 8. The van der Waals surface area contributed by atoms with Gasteiger partial charge < -0.3 is 20.4 Å². The van der Waals surface area contributed by atoms with Crippen LogP contribution in [0.4, 0.5) is 18.9 Å². The first-order chi connectivity index (χ1) is 19.5. The van der Waals surface area contributed by atoms with Crippen molar-refractivity contribution in [2.45, 2.75) is 38.8 Å². The molecule has 2 N–H and O–H groups in total. The van der Waals surface area contributed by atoms with Crippen molar-refractivity contribution in [3.8, 4) is 0 Å². The standard InChI is InChI=1S/C29H37F3N6O3/c1-20(29(30,31)32)6-5-7-25(33-2)27(40)34-23-8-9-24-22(18-23)12-17-38(35-24)19-26(39)36-15-10-21(11-16-36)28(41)37-13-3-4-14-37/h5-9,12,18,20-21,33H,3-4,10-11,13-17,19H2,1-2H3,(H,34,40)/b6-5-,25-7-. The van der Waals surface area contributed by atoms with Crippen LogP contribution in [0, 0.1) is 11.8 Å². The summed E-state index contributed by atoms with van der Waals surface area (Å²) in [6.45, 7) is 4.43. The zero-order valence-corrected chi connectivity index (χ0v) is 23.4. The van der Waals surface area contributed by atoms with Gasteiger partial charge in [0.05, 0.1) is 23.5 Å². The molecule has 3 amide bonds. The number of benzene rings is 1. The van der Waals surface area contributed by atoms with Gasteiger partial charge in [-0.05, 0) is 50.0 Å². The number of nitrogens with one attached hydrogen (secondary N) is 2. The highest BCUT2D eigenvalue weighted by molar-refractivity contribution is 6.03. The normalized spacial score (nSPS) is 19.0. The third-order valence-corrected chi connectivity index (χ3v) is 7.68. The molecule has 41 heavy (non-hydrogen) atoms. The number of piperidine rings is 1. The molecule has 0 saturated carbocycles. The summed E-state index contributed by atoms with van der Waals surface area (Å²) in [5.74, 6) is -1.92. The highest BCUT2D eigenvalue weighted by Gasteiger charge is 2.34. The number of hydrogen-bond acceptors (Lipinski definition) is 6. The van der Waals surface area contributed by atoms with Gasteiger partial charge in [0.2, 0.25) is 11.8 Å². The number of nitrogens with zero attached hydrogens (tertiary/aromatic N) is 4. The summed E-state index contributed by atoms with van der Waals surface area (Å²) in [7, 11) is 1.51. The van der Waals surface area contributed by atoms with Gasteiger partial charge in [-0.2, -0.15) is 18.3 Å². The van der Waals surface area contributed by atoms with Crippen molar-refractivity contribution in [3.05, 3.63) is 52.7 Å². The molecule has 3 aliphatic heterocycles. The molecule has 0 bridgehead atoms. The SMILES string of the molecule is CN/C(=C\C=C/C(C)C(F)(F)F)C(=O)Nc1ccc2c(c1)=CCN(CC(=O)N1CCC(C(=O)N3CCCC3)CC1)N=2. The molecule has 3 aliphatic rings. The van der Waals surface area contributed by atoms with Gasteiger partial charge in [0.15, 0.2) is 0 Å². The van der Waals surface area contributed by atoms with Gasteiger partial charge in [0.1, 0.15) is 6.54 Å². The highest BCUT2D eigenvalue weighted by Crippen LogP contribution is 2.26. The lowest BCUT2D eigenvalue weighted by atomic mass is 9.95. The van der Waals surface area contributed by atoms with Crippen LogP contribution in [0.5, 0.6) is 0 Å².